The molecule has 1 aliphatic heterocycles. The first-order valence-electron chi connectivity index (χ1n) is 12.4. The number of halogens is 2. The monoisotopic (exact) mass is 595 g/mol. The summed E-state index contributed by atoms with van der Waals surface area (Å²) in [6.07, 6.45) is 0. The third-order valence-corrected chi connectivity index (χ3v) is 7.74. The number of hydrogen-bond acceptors (Lipinski definition) is 7. The minimum atomic E-state index is -0.678. The van der Waals surface area contributed by atoms with Crippen LogP contribution in [0.25, 0.3) is 11.0 Å². The van der Waals surface area contributed by atoms with Crippen LogP contribution in [0.1, 0.15) is 22.7 Å². The lowest BCUT2D eigenvalue weighted by molar-refractivity contribution is -0.385. The molecule has 0 N–H and O–H groups in total. The van der Waals surface area contributed by atoms with Gasteiger partial charge in [0.25, 0.3) is 0 Å². The number of ether oxygens (including phenoxy) is 1. The summed E-state index contributed by atoms with van der Waals surface area (Å²) in [4.78, 5) is 33.2. The molecule has 0 aliphatic carbocycles. The second-order valence-electron chi connectivity index (χ2n) is 9.49. The van der Waals surface area contributed by atoms with E-state index in [4.69, 9.17) is 4.74 Å². The van der Waals surface area contributed by atoms with Gasteiger partial charge in [0.2, 0.25) is 0 Å². The highest BCUT2D eigenvalue weighted by Crippen LogP contribution is 2.39. The Hall–Kier alpha value is -3.83. The number of hydrogen-bond donors (Lipinski definition) is 0. The van der Waals surface area contributed by atoms with E-state index in [2.05, 4.69) is 25.8 Å². The molecule has 11 heteroatoms. The number of aryl methyl sites for hydroxylation is 2. The number of anilines is 1. The maximum absolute atomic E-state index is 13.8. The zero-order valence-electron chi connectivity index (χ0n) is 21.7. The van der Waals surface area contributed by atoms with Crippen molar-refractivity contribution in [2.45, 2.75) is 13.0 Å². The summed E-state index contributed by atoms with van der Waals surface area (Å²) < 4.78 is 21.4. The van der Waals surface area contributed by atoms with Gasteiger partial charge in [0.05, 0.1) is 23.6 Å². The lowest BCUT2D eigenvalue weighted by Gasteiger charge is -2.41. The van der Waals surface area contributed by atoms with Crippen molar-refractivity contribution < 1.29 is 14.1 Å². The molecule has 0 amide bonds. The average Bonchev–Trinajstić information content (AvgIpc) is 2.92. The van der Waals surface area contributed by atoms with E-state index in [0.29, 0.717) is 41.8 Å². The molecule has 2 aromatic carbocycles. The second kappa shape index (κ2) is 10.7. The van der Waals surface area contributed by atoms with Gasteiger partial charge < -0.3 is 14.2 Å². The number of fused-ring (bicyclic) bond motifs is 1. The highest BCUT2D eigenvalue weighted by molar-refractivity contribution is 9.10. The number of benzene rings is 2. The Kier molecular flexibility index (Phi) is 7.37. The molecule has 0 bridgehead atoms. The van der Waals surface area contributed by atoms with E-state index in [1.54, 1.807) is 31.4 Å². The Labute approximate surface area is 232 Å². The highest BCUT2D eigenvalue weighted by atomic mass is 79.9. The van der Waals surface area contributed by atoms with E-state index in [-0.39, 0.29) is 17.5 Å². The maximum atomic E-state index is 13.8. The topological polar surface area (TPSA) is 93.7 Å². The van der Waals surface area contributed by atoms with E-state index < -0.39 is 16.2 Å². The minimum Gasteiger partial charge on any atom is -0.496 e. The Bertz CT molecular complexity index is 1620. The van der Waals surface area contributed by atoms with Crippen LogP contribution in [0.3, 0.4) is 0 Å². The van der Waals surface area contributed by atoms with Gasteiger partial charge >= 0.3 is 11.2 Å². The molecule has 1 atom stereocenters. The molecule has 5 rings (SSSR count). The van der Waals surface area contributed by atoms with Crippen molar-refractivity contribution >= 4 is 38.3 Å². The molecule has 9 nitrogen and oxygen atoms in total. The van der Waals surface area contributed by atoms with Crippen molar-refractivity contribution in [1.82, 2.24) is 14.5 Å². The lowest BCUT2D eigenvalue weighted by atomic mass is 9.92. The number of aromatic nitrogens is 2. The SMILES string of the molecule is COc1cccc(C)c1[C@H](c1ccc(F)cc1)N1CCN(c2c([N+](=O)[O-])c(=O)n(C)c3ccc(Br)nc23)CC1. The molecule has 202 valence electrons. The van der Waals surface area contributed by atoms with Gasteiger partial charge in [-0.3, -0.25) is 19.8 Å². The molecule has 1 saturated heterocycles. The summed E-state index contributed by atoms with van der Waals surface area (Å²) in [6, 6.07) is 15.5. The molecule has 0 saturated carbocycles. The van der Waals surface area contributed by atoms with E-state index in [0.717, 1.165) is 22.4 Å². The Balaban J connectivity index is 1.57. The number of piperazine rings is 1. The van der Waals surface area contributed by atoms with Gasteiger partial charge in [0.1, 0.15) is 21.7 Å². The fourth-order valence-electron chi connectivity index (χ4n) is 5.41. The summed E-state index contributed by atoms with van der Waals surface area (Å²) in [5.41, 5.74) is 2.90. The standard InChI is InChI=1S/C28H27BrFN5O4/c1-17-5-4-6-21(39-3)23(17)25(18-7-9-19(30)10-8-18)33-13-15-34(16-14-33)26-24-20(11-12-22(29)31-24)32(2)28(36)27(26)35(37)38/h4-12,25H,13-16H2,1-3H3/t25-/m0/s1. The van der Waals surface area contributed by atoms with Gasteiger partial charge in [-0.25, -0.2) is 9.37 Å². The Morgan fingerprint density at radius 3 is 2.41 bits per heavy atom. The summed E-state index contributed by atoms with van der Waals surface area (Å²) in [5.74, 6) is 0.413. The predicted molar refractivity (Wildman–Crippen MR) is 151 cm³/mol. The van der Waals surface area contributed by atoms with E-state index in [1.165, 1.54) is 23.7 Å². The fraction of sp³-hybridized carbons (Fsp3) is 0.286. The first-order valence-corrected chi connectivity index (χ1v) is 13.2. The summed E-state index contributed by atoms with van der Waals surface area (Å²) >= 11 is 3.37. The molecule has 0 unspecified atom stereocenters. The van der Waals surface area contributed by atoms with Gasteiger partial charge in [-0.15, -0.1) is 0 Å². The van der Waals surface area contributed by atoms with Crippen LogP contribution in [-0.2, 0) is 7.05 Å². The quantitative estimate of drug-likeness (QED) is 0.176. The van der Waals surface area contributed by atoms with Crippen LogP contribution < -0.4 is 15.2 Å². The van der Waals surface area contributed by atoms with Crippen LogP contribution in [-0.4, -0.2) is 52.7 Å². The lowest BCUT2D eigenvalue weighted by Crippen LogP contribution is -2.48. The molecule has 39 heavy (non-hydrogen) atoms. The summed E-state index contributed by atoms with van der Waals surface area (Å²) in [6.45, 7) is 3.92. The van der Waals surface area contributed by atoms with Crippen LogP contribution >= 0.6 is 15.9 Å². The van der Waals surface area contributed by atoms with E-state index >= 15 is 0 Å². The fourth-order valence-corrected chi connectivity index (χ4v) is 5.72. The van der Waals surface area contributed by atoms with Crippen molar-refractivity contribution in [3.8, 4) is 5.75 Å². The van der Waals surface area contributed by atoms with Crippen LogP contribution in [0, 0.1) is 22.9 Å². The molecule has 4 aromatic rings. The number of pyridine rings is 2. The first kappa shape index (κ1) is 26.8. The van der Waals surface area contributed by atoms with Crippen molar-refractivity contribution in [1.29, 1.82) is 0 Å². The zero-order valence-corrected chi connectivity index (χ0v) is 23.3. The summed E-state index contributed by atoms with van der Waals surface area (Å²) in [5, 5.41) is 12.1. The van der Waals surface area contributed by atoms with E-state index in [1.807, 2.05) is 30.0 Å². The molecule has 0 radical (unpaired) electrons. The van der Waals surface area contributed by atoms with Crippen molar-refractivity contribution in [2.75, 3.05) is 38.2 Å². The molecule has 0 spiro atoms. The Morgan fingerprint density at radius 2 is 1.77 bits per heavy atom. The molecule has 1 fully saturated rings. The smallest absolute Gasteiger partial charge is 0.359 e. The van der Waals surface area contributed by atoms with Crippen LogP contribution in [0.4, 0.5) is 15.8 Å². The van der Waals surface area contributed by atoms with Crippen LogP contribution in [0.15, 0.2) is 64.0 Å². The van der Waals surface area contributed by atoms with Crippen LogP contribution in [0.5, 0.6) is 5.75 Å². The zero-order chi connectivity index (χ0) is 27.8. The van der Waals surface area contributed by atoms with Gasteiger partial charge in [0, 0.05) is 38.8 Å². The van der Waals surface area contributed by atoms with Crippen molar-refractivity contribution in [3.05, 3.63) is 102 Å². The number of methoxy groups -OCH3 is 1. The Morgan fingerprint density at radius 1 is 1.08 bits per heavy atom. The third kappa shape index (κ3) is 4.87. The maximum Gasteiger partial charge on any atom is 0.359 e. The van der Waals surface area contributed by atoms with Crippen molar-refractivity contribution in [2.24, 2.45) is 7.05 Å². The summed E-state index contributed by atoms with van der Waals surface area (Å²) in [7, 11) is 3.14. The molecule has 1 aliphatic rings. The number of rotatable bonds is 6. The van der Waals surface area contributed by atoms with Crippen molar-refractivity contribution in [3.63, 3.8) is 0 Å². The van der Waals surface area contributed by atoms with Gasteiger partial charge in [-0.1, -0.05) is 24.3 Å². The third-order valence-electron chi connectivity index (χ3n) is 7.30. The van der Waals surface area contributed by atoms with Crippen LogP contribution in [0.2, 0.25) is 0 Å². The largest absolute Gasteiger partial charge is 0.496 e. The number of nitro groups is 1. The van der Waals surface area contributed by atoms with Gasteiger partial charge in [-0.2, -0.15) is 0 Å². The molecule has 3 heterocycles. The minimum absolute atomic E-state index is 0.228. The van der Waals surface area contributed by atoms with Gasteiger partial charge in [0.15, 0.2) is 5.69 Å². The molecular formula is C28H27BrFN5O4. The van der Waals surface area contributed by atoms with Gasteiger partial charge in [-0.05, 0) is 64.3 Å². The van der Waals surface area contributed by atoms with E-state index in [9.17, 15) is 19.3 Å². The second-order valence-corrected chi connectivity index (χ2v) is 10.3. The predicted octanol–water partition coefficient (Wildman–Crippen LogP) is 4.97. The molecular weight excluding hydrogens is 569 g/mol. The number of nitrogens with zero attached hydrogens (tertiary/aromatic N) is 5. The highest BCUT2D eigenvalue weighted by Gasteiger charge is 2.34. The average molecular weight is 596 g/mol. The molecule has 2 aromatic heterocycles. The first-order chi connectivity index (χ1) is 18.7. The normalized spacial score (nSPS) is 14.9.